The van der Waals surface area contributed by atoms with Crippen LogP contribution in [-0.4, -0.2) is 36.7 Å². The molecule has 0 aliphatic rings. The third-order valence-corrected chi connectivity index (χ3v) is 3.06. The Labute approximate surface area is 141 Å². The fraction of sp³-hybridized carbons (Fsp3) is 0.235. The number of carbonyl (C=O) groups excluding carboxylic acids is 1. The van der Waals surface area contributed by atoms with Gasteiger partial charge in [-0.15, -0.1) is 0 Å². The average molecular weight is 327 g/mol. The van der Waals surface area contributed by atoms with Crippen LogP contribution in [0, 0.1) is 0 Å². The number of nitrogens with zero attached hydrogens (tertiary/aromatic N) is 2. The van der Waals surface area contributed by atoms with Gasteiger partial charge in [-0.05, 0) is 24.1 Å². The summed E-state index contributed by atoms with van der Waals surface area (Å²) in [5, 5.41) is 5.04. The maximum atomic E-state index is 11.7. The molecule has 1 heterocycles. The molecule has 0 aliphatic heterocycles. The van der Waals surface area contributed by atoms with E-state index < -0.39 is 6.03 Å². The minimum absolute atomic E-state index is 0.0445. The number of anilines is 1. The maximum absolute atomic E-state index is 11.7. The van der Waals surface area contributed by atoms with Crippen LogP contribution >= 0.6 is 0 Å². The number of carbonyl (C=O) groups is 1. The monoisotopic (exact) mass is 327 g/mol. The quantitative estimate of drug-likeness (QED) is 0.410. The summed E-state index contributed by atoms with van der Waals surface area (Å²) in [7, 11) is 0. The van der Waals surface area contributed by atoms with Crippen LogP contribution in [0.5, 0.6) is 0 Å². The normalized spacial score (nSPS) is 11.1. The number of ether oxygens (including phenoxy) is 1. The predicted octanol–water partition coefficient (Wildman–Crippen LogP) is 1.78. The Bertz CT molecular complexity index is 647. The van der Waals surface area contributed by atoms with Gasteiger partial charge in [-0.25, -0.2) is 4.79 Å². The molecule has 0 aliphatic carbocycles. The summed E-state index contributed by atoms with van der Waals surface area (Å²) in [5.41, 5.74) is 7.45. The number of hydrogen-bond donors (Lipinski definition) is 3. The van der Waals surface area contributed by atoms with Crippen LogP contribution in [0.4, 0.5) is 10.5 Å². The van der Waals surface area contributed by atoms with Gasteiger partial charge in [0.2, 0.25) is 0 Å². The van der Waals surface area contributed by atoms with Crippen LogP contribution in [0.25, 0.3) is 0 Å². The molecule has 0 bridgehead atoms. The fourth-order valence-electron chi connectivity index (χ4n) is 1.92. The second-order valence-electron chi connectivity index (χ2n) is 4.94. The Kier molecular flexibility index (Phi) is 7.23. The fourth-order valence-corrected chi connectivity index (χ4v) is 1.92. The lowest BCUT2D eigenvalue weighted by molar-refractivity contribution is 0.145. The van der Waals surface area contributed by atoms with Crippen LogP contribution in [0.3, 0.4) is 0 Å². The molecule has 0 fully saturated rings. The molecule has 0 saturated heterocycles. The van der Waals surface area contributed by atoms with Crippen molar-refractivity contribution in [2.45, 2.75) is 6.42 Å². The Morgan fingerprint density at radius 1 is 1.17 bits per heavy atom. The molecular formula is C17H21N5O2. The van der Waals surface area contributed by atoms with Gasteiger partial charge >= 0.3 is 6.03 Å². The van der Waals surface area contributed by atoms with E-state index in [2.05, 4.69) is 32.7 Å². The predicted molar refractivity (Wildman–Crippen MR) is 93.8 cm³/mol. The van der Waals surface area contributed by atoms with Crippen molar-refractivity contribution >= 4 is 17.7 Å². The van der Waals surface area contributed by atoms with E-state index in [1.165, 1.54) is 11.8 Å². The number of aliphatic imine (C=N–C) groups is 1. The number of guanidine groups is 1. The van der Waals surface area contributed by atoms with Crippen molar-refractivity contribution in [2.24, 2.45) is 10.7 Å². The summed E-state index contributed by atoms with van der Waals surface area (Å²) >= 11 is 0. The summed E-state index contributed by atoms with van der Waals surface area (Å²) in [6, 6.07) is 13.1. The third kappa shape index (κ3) is 6.89. The zero-order valence-electron chi connectivity index (χ0n) is 13.3. The largest absolute Gasteiger partial charge is 0.379 e. The minimum Gasteiger partial charge on any atom is -0.379 e. The van der Waals surface area contributed by atoms with Crippen molar-refractivity contribution < 1.29 is 9.53 Å². The number of hydrogen-bond acceptors (Lipinski definition) is 4. The van der Waals surface area contributed by atoms with E-state index in [1.54, 1.807) is 18.3 Å². The number of nitrogens with two attached hydrogens (primary N) is 1. The van der Waals surface area contributed by atoms with Crippen molar-refractivity contribution in [2.75, 3.05) is 25.1 Å². The van der Waals surface area contributed by atoms with E-state index in [4.69, 9.17) is 10.5 Å². The smallest absolute Gasteiger partial charge is 0.326 e. The van der Waals surface area contributed by atoms with E-state index in [0.717, 1.165) is 6.42 Å². The van der Waals surface area contributed by atoms with Crippen molar-refractivity contribution in [1.82, 2.24) is 10.3 Å². The summed E-state index contributed by atoms with van der Waals surface area (Å²) in [6.45, 7) is 1.45. The van der Waals surface area contributed by atoms with Crippen molar-refractivity contribution in [3.05, 3.63) is 60.4 Å². The molecule has 1 aromatic heterocycles. The lowest BCUT2D eigenvalue weighted by Gasteiger charge is -2.07. The lowest BCUT2D eigenvalue weighted by Crippen LogP contribution is -2.39. The first kappa shape index (κ1) is 17.4. The highest BCUT2D eigenvalue weighted by atomic mass is 16.5. The minimum atomic E-state index is -0.464. The molecule has 24 heavy (non-hydrogen) atoms. The average Bonchev–Trinajstić information content (AvgIpc) is 2.59. The molecular weight excluding hydrogens is 306 g/mol. The van der Waals surface area contributed by atoms with Gasteiger partial charge in [-0.1, -0.05) is 30.3 Å². The number of urea groups is 1. The van der Waals surface area contributed by atoms with E-state index in [9.17, 15) is 4.79 Å². The summed E-state index contributed by atoms with van der Waals surface area (Å²) < 4.78 is 5.49. The highest BCUT2D eigenvalue weighted by molar-refractivity contribution is 6.01. The maximum Gasteiger partial charge on any atom is 0.326 e. The van der Waals surface area contributed by atoms with Gasteiger partial charge in [-0.2, -0.15) is 0 Å². The van der Waals surface area contributed by atoms with Crippen molar-refractivity contribution in [3.63, 3.8) is 0 Å². The van der Waals surface area contributed by atoms with Gasteiger partial charge in [0.15, 0.2) is 5.96 Å². The molecule has 1 aromatic carbocycles. The molecule has 7 heteroatoms. The first-order valence-electron chi connectivity index (χ1n) is 7.63. The van der Waals surface area contributed by atoms with Crippen LogP contribution in [0.15, 0.2) is 59.9 Å². The van der Waals surface area contributed by atoms with Crippen molar-refractivity contribution in [3.8, 4) is 0 Å². The Hall–Kier alpha value is -2.93. The summed E-state index contributed by atoms with van der Waals surface area (Å²) in [4.78, 5) is 19.6. The first-order chi connectivity index (χ1) is 11.7. The highest BCUT2D eigenvalue weighted by Gasteiger charge is 2.02. The Morgan fingerprint density at radius 3 is 2.75 bits per heavy atom. The second-order valence-corrected chi connectivity index (χ2v) is 4.94. The molecule has 4 N–H and O–H groups in total. The summed E-state index contributed by atoms with van der Waals surface area (Å²) in [5.74, 6) is 0.0445. The van der Waals surface area contributed by atoms with Gasteiger partial charge < -0.3 is 15.8 Å². The zero-order chi connectivity index (χ0) is 17.0. The number of aromatic nitrogens is 1. The third-order valence-electron chi connectivity index (χ3n) is 3.06. The number of benzene rings is 1. The SMILES string of the molecule is NC(=NCCOCCc1ccccc1)NC(=O)Nc1cccnc1. The molecule has 0 saturated carbocycles. The molecule has 2 aromatic rings. The highest BCUT2D eigenvalue weighted by Crippen LogP contribution is 2.01. The Balaban J connectivity index is 1.59. The molecule has 0 atom stereocenters. The number of pyridine rings is 1. The van der Waals surface area contributed by atoms with Crippen LogP contribution in [0.2, 0.25) is 0 Å². The molecule has 7 nitrogen and oxygen atoms in total. The van der Waals surface area contributed by atoms with Crippen LogP contribution < -0.4 is 16.4 Å². The number of rotatable bonds is 7. The number of nitrogens with one attached hydrogen (secondary N) is 2. The molecule has 126 valence electrons. The lowest BCUT2D eigenvalue weighted by atomic mass is 10.2. The van der Waals surface area contributed by atoms with Gasteiger partial charge in [0.1, 0.15) is 0 Å². The van der Waals surface area contributed by atoms with E-state index in [0.29, 0.717) is 25.4 Å². The molecule has 2 rings (SSSR count). The van der Waals surface area contributed by atoms with E-state index in [-0.39, 0.29) is 5.96 Å². The molecule has 0 radical (unpaired) electrons. The molecule has 0 spiro atoms. The van der Waals surface area contributed by atoms with E-state index >= 15 is 0 Å². The second kappa shape index (κ2) is 9.96. The topological polar surface area (TPSA) is 102 Å². The number of amides is 2. The zero-order valence-corrected chi connectivity index (χ0v) is 13.3. The van der Waals surface area contributed by atoms with Gasteiger partial charge in [0.25, 0.3) is 0 Å². The van der Waals surface area contributed by atoms with E-state index in [1.807, 2.05) is 18.2 Å². The molecule has 2 amide bonds. The van der Waals surface area contributed by atoms with Crippen LogP contribution in [-0.2, 0) is 11.2 Å². The van der Waals surface area contributed by atoms with Crippen molar-refractivity contribution in [1.29, 1.82) is 0 Å². The standard InChI is InChI=1S/C17H21N5O2/c18-16(22-17(23)21-15-7-4-9-19-13-15)20-10-12-24-11-8-14-5-2-1-3-6-14/h1-7,9,13H,8,10-12H2,(H4,18,20,21,22,23). The summed E-state index contributed by atoms with van der Waals surface area (Å²) in [6.07, 6.45) is 4.01. The Morgan fingerprint density at radius 2 is 2.00 bits per heavy atom. The van der Waals surface area contributed by atoms with Gasteiger partial charge in [0.05, 0.1) is 31.6 Å². The van der Waals surface area contributed by atoms with Crippen LogP contribution in [0.1, 0.15) is 5.56 Å². The van der Waals surface area contributed by atoms with Gasteiger partial charge in [-0.3, -0.25) is 15.3 Å². The first-order valence-corrected chi connectivity index (χ1v) is 7.63. The molecule has 0 unspecified atom stereocenters. The van der Waals surface area contributed by atoms with Gasteiger partial charge in [0, 0.05) is 6.20 Å².